The normalized spacial score (nSPS) is 14.6. The second kappa shape index (κ2) is 10.1. The molecule has 0 bridgehead atoms. The summed E-state index contributed by atoms with van der Waals surface area (Å²) >= 11 is 0. The first-order valence-corrected chi connectivity index (χ1v) is 11.9. The number of hydrogen-bond donors (Lipinski definition) is 1. The molecular formula is C28H32N4O. The van der Waals surface area contributed by atoms with Crippen molar-refractivity contribution in [2.24, 2.45) is 0 Å². The van der Waals surface area contributed by atoms with Gasteiger partial charge in [-0.25, -0.2) is 0 Å². The van der Waals surface area contributed by atoms with Gasteiger partial charge in [0.25, 0.3) is 0 Å². The summed E-state index contributed by atoms with van der Waals surface area (Å²) < 4.78 is 5.39. The van der Waals surface area contributed by atoms with Crippen molar-refractivity contribution in [3.63, 3.8) is 0 Å². The molecule has 0 atom stereocenters. The monoisotopic (exact) mass is 440 g/mol. The number of nitrogens with zero attached hydrogens (tertiary/aromatic N) is 3. The number of aromatic amines is 1. The molecule has 33 heavy (non-hydrogen) atoms. The predicted octanol–water partition coefficient (Wildman–Crippen LogP) is 5.38. The van der Waals surface area contributed by atoms with Gasteiger partial charge in [0.15, 0.2) is 0 Å². The summed E-state index contributed by atoms with van der Waals surface area (Å²) in [4.78, 5) is 12.9. The zero-order valence-electron chi connectivity index (χ0n) is 19.3. The quantitative estimate of drug-likeness (QED) is 0.374. The van der Waals surface area contributed by atoms with Gasteiger partial charge in [0.1, 0.15) is 5.75 Å². The summed E-state index contributed by atoms with van der Waals surface area (Å²) in [6.07, 6.45) is 7.55. The van der Waals surface area contributed by atoms with Crippen LogP contribution in [0.15, 0.2) is 73.1 Å². The Kier molecular flexibility index (Phi) is 6.58. The minimum absolute atomic E-state index is 0.924. The van der Waals surface area contributed by atoms with Crippen LogP contribution < -0.4 is 9.64 Å². The van der Waals surface area contributed by atoms with E-state index in [9.17, 15) is 0 Å². The Labute approximate surface area is 196 Å². The van der Waals surface area contributed by atoms with Crippen LogP contribution in [0.25, 0.3) is 22.2 Å². The van der Waals surface area contributed by atoms with E-state index < -0.39 is 0 Å². The Hall–Kier alpha value is -3.31. The lowest BCUT2D eigenvalue weighted by Gasteiger charge is -2.36. The minimum Gasteiger partial charge on any atom is -0.497 e. The molecule has 3 heterocycles. The number of rotatable bonds is 8. The van der Waals surface area contributed by atoms with Crippen LogP contribution in [0, 0.1) is 0 Å². The highest BCUT2D eigenvalue weighted by Gasteiger charge is 2.17. The number of benzene rings is 2. The Morgan fingerprint density at radius 2 is 1.79 bits per heavy atom. The third kappa shape index (κ3) is 5.04. The second-order valence-electron chi connectivity index (χ2n) is 8.77. The van der Waals surface area contributed by atoms with Crippen molar-refractivity contribution in [3.05, 3.63) is 78.6 Å². The van der Waals surface area contributed by atoms with Gasteiger partial charge in [0.2, 0.25) is 0 Å². The van der Waals surface area contributed by atoms with Crippen LogP contribution in [0.5, 0.6) is 5.75 Å². The lowest BCUT2D eigenvalue weighted by atomic mass is 10.1. The van der Waals surface area contributed by atoms with Crippen LogP contribution in [-0.4, -0.2) is 54.7 Å². The smallest absolute Gasteiger partial charge is 0.119 e. The maximum Gasteiger partial charge on any atom is 0.119 e. The largest absolute Gasteiger partial charge is 0.497 e. The molecule has 1 aliphatic heterocycles. The highest BCUT2D eigenvalue weighted by Crippen LogP contribution is 2.25. The number of aryl methyl sites for hydroxylation is 1. The molecule has 1 aliphatic rings. The SMILES string of the molecule is COc1ccc2[nH]cc(CCCCN3CCN(c4ccc(-c5ccccn5)cc4)CC3)c2c1. The van der Waals surface area contributed by atoms with E-state index in [-0.39, 0.29) is 0 Å². The predicted molar refractivity (Wildman–Crippen MR) is 136 cm³/mol. The standard InChI is InChI=1S/C28H32N4O/c1-33-25-12-13-28-26(20-25)23(21-30-28)6-3-5-15-31-16-18-32(19-17-31)24-10-8-22(9-11-24)27-7-2-4-14-29-27/h2,4,7-14,20-21,30H,3,5-6,15-19H2,1H3. The first-order valence-electron chi connectivity index (χ1n) is 11.9. The lowest BCUT2D eigenvalue weighted by Crippen LogP contribution is -2.46. The van der Waals surface area contributed by atoms with E-state index in [1.807, 2.05) is 24.4 Å². The van der Waals surface area contributed by atoms with Crippen molar-refractivity contribution in [2.45, 2.75) is 19.3 Å². The van der Waals surface area contributed by atoms with Gasteiger partial charge in [-0.2, -0.15) is 0 Å². The fraction of sp³-hybridized carbons (Fsp3) is 0.321. The molecule has 2 aromatic carbocycles. The van der Waals surface area contributed by atoms with Crippen LogP contribution in [0.3, 0.4) is 0 Å². The number of piperazine rings is 1. The number of unbranched alkanes of at least 4 members (excludes halogenated alkanes) is 1. The van der Waals surface area contributed by atoms with Gasteiger partial charge in [-0.05, 0) is 73.8 Å². The summed E-state index contributed by atoms with van der Waals surface area (Å²) in [5.74, 6) is 0.924. The molecule has 0 amide bonds. The van der Waals surface area contributed by atoms with Gasteiger partial charge in [-0.15, -0.1) is 0 Å². The number of aromatic nitrogens is 2. The topological polar surface area (TPSA) is 44.4 Å². The Bertz CT molecular complexity index is 1160. The molecule has 0 unspecified atom stereocenters. The molecule has 0 radical (unpaired) electrons. The summed E-state index contributed by atoms with van der Waals surface area (Å²) in [5, 5.41) is 1.29. The third-order valence-corrected chi connectivity index (χ3v) is 6.71. The molecule has 5 heteroatoms. The van der Waals surface area contributed by atoms with Gasteiger partial charge >= 0.3 is 0 Å². The Morgan fingerprint density at radius 1 is 0.939 bits per heavy atom. The third-order valence-electron chi connectivity index (χ3n) is 6.71. The average molecular weight is 441 g/mol. The summed E-state index contributed by atoms with van der Waals surface area (Å²) in [5.41, 5.74) is 6.09. The maximum absolute atomic E-state index is 5.39. The first-order chi connectivity index (χ1) is 16.3. The van der Waals surface area contributed by atoms with Gasteiger partial charge in [-0.3, -0.25) is 9.88 Å². The van der Waals surface area contributed by atoms with Crippen LogP contribution >= 0.6 is 0 Å². The van der Waals surface area contributed by atoms with Gasteiger partial charge in [0.05, 0.1) is 12.8 Å². The average Bonchev–Trinajstić information content (AvgIpc) is 3.29. The Balaban J connectivity index is 1.07. The minimum atomic E-state index is 0.924. The molecule has 0 saturated carbocycles. The van der Waals surface area contributed by atoms with Gasteiger partial charge < -0.3 is 14.6 Å². The van der Waals surface area contributed by atoms with E-state index in [0.717, 1.165) is 44.0 Å². The number of anilines is 1. The van der Waals surface area contributed by atoms with Crippen LogP contribution in [0.2, 0.25) is 0 Å². The molecule has 0 spiro atoms. The number of pyridine rings is 1. The zero-order valence-corrected chi connectivity index (χ0v) is 19.3. The van der Waals surface area contributed by atoms with E-state index in [0.29, 0.717) is 0 Å². The summed E-state index contributed by atoms with van der Waals surface area (Å²) in [6.45, 7) is 5.62. The van der Waals surface area contributed by atoms with Crippen LogP contribution in [0.4, 0.5) is 5.69 Å². The number of nitrogens with one attached hydrogen (secondary N) is 1. The molecule has 1 fully saturated rings. The van der Waals surface area contributed by atoms with E-state index >= 15 is 0 Å². The van der Waals surface area contributed by atoms with Crippen molar-refractivity contribution in [1.29, 1.82) is 0 Å². The number of methoxy groups -OCH3 is 1. The Morgan fingerprint density at radius 3 is 2.55 bits per heavy atom. The molecular weight excluding hydrogens is 408 g/mol. The fourth-order valence-electron chi connectivity index (χ4n) is 4.75. The maximum atomic E-state index is 5.39. The first kappa shape index (κ1) is 21.5. The van der Waals surface area contributed by atoms with Crippen LogP contribution in [-0.2, 0) is 6.42 Å². The van der Waals surface area contributed by atoms with E-state index in [1.54, 1.807) is 7.11 Å². The number of hydrogen-bond acceptors (Lipinski definition) is 4. The van der Waals surface area contributed by atoms with Crippen molar-refractivity contribution in [2.75, 3.05) is 44.7 Å². The van der Waals surface area contributed by atoms with Gasteiger partial charge in [-0.1, -0.05) is 18.2 Å². The van der Waals surface area contributed by atoms with Crippen molar-refractivity contribution < 1.29 is 4.74 Å². The summed E-state index contributed by atoms with van der Waals surface area (Å²) in [7, 11) is 1.73. The lowest BCUT2D eigenvalue weighted by molar-refractivity contribution is 0.253. The van der Waals surface area contributed by atoms with E-state index in [1.165, 1.54) is 47.1 Å². The van der Waals surface area contributed by atoms with Crippen molar-refractivity contribution in [1.82, 2.24) is 14.9 Å². The molecule has 0 aliphatic carbocycles. The van der Waals surface area contributed by atoms with Crippen LogP contribution in [0.1, 0.15) is 18.4 Å². The second-order valence-corrected chi connectivity index (χ2v) is 8.77. The molecule has 5 nitrogen and oxygen atoms in total. The highest BCUT2D eigenvalue weighted by molar-refractivity contribution is 5.84. The highest BCUT2D eigenvalue weighted by atomic mass is 16.5. The number of H-pyrrole nitrogens is 1. The van der Waals surface area contributed by atoms with Crippen molar-refractivity contribution in [3.8, 4) is 17.0 Å². The number of fused-ring (bicyclic) bond motifs is 1. The van der Waals surface area contributed by atoms with E-state index in [2.05, 4.69) is 68.4 Å². The number of ether oxygens (including phenoxy) is 1. The molecule has 5 rings (SSSR count). The summed E-state index contributed by atoms with van der Waals surface area (Å²) in [6, 6.07) is 21.1. The van der Waals surface area contributed by atoms with E-state index in [4.69, 9.17) is 4.74 Å². The van der Waals surface area contributed by atoms with Gasteiger partial charge in [0, 0.05) is 60.7 Å². The molecule has 170 valence electrons. The molecule has 4 aromatic rings. The van der Waals surface area contributed by atoms with Crippen molar-refractivity contribution >= 4 is 16.6 Å². The molecule has 1 saturated heterocycles. The molecule has 2 aromatic heterocycles. The zero-order chi connectivity index (χ0) is 22.5. The fourth-order valence-corrected chi connectivity index (χ4v) is 4.75. The molecule has 1 N–H and O–H groups in total.